The quantitative estimate of drug-likeness (QED) is 0.512. The number of ether oxygens (including phenoxy) is 1. The van der Waals surface area contributed by atoms with Crippen LogP contribution in [0.5, 0.6) is 17.2 Å². The van der Waals surface area contributed by atoms with E-state index in [1.807, 2.05) is 0 Å². The molecule has 0 bridgehead atoms. The zero-order valence-electron chi connectivity index (χ0n) is 15.2. The van der Waals surface area contributed by atoms with Gasteiger partial charge < -0.3 is 20.1 Å². The maximum Gasteiger partial charge on any atom is 0.198 e. The summed E-state index contributed by atoms with van der Waals surface area (Å²) >= 11 is 0. The predicted octanol–water partition coefficient (Wildman–Crippen LogP) is 1.73. The second-order valence-corrected chi connectivity index (χ2v) is 7.06. The summed E-state index contributed by atoms with van der Waals surface area (Å²) in [5.41, 5.74) is 1.04. The van der Waals surface area contributed by atoms with Crippen molar-refractivity contribution < 1.29 is 29.6 Å². The number of ketones is 2. The second-order valence-electron chi connectivity index (χ2n) is 7.06. The molecule has 2 aliphatic carbocycles. The Bertz CT molecular complexity index is 1060. The van der Waals surface area contributed by atoms with Crippen molar-refractivity contribution in [1.29, 1.82) is 5.41 Å². The summed E-state index contributed by atoms with van der Waals surface area (Å²) in [7, 11) is 1.44. The molecule has 4 rings (SSSR count). The third-order valence-electron chi connectivity index (χ3n) is 5.68. The van der Waals surface area contributed by atoms with E-state index in [1.165, 1.54) is 7.11 Å². The first kappa shape index (κ1) is 18.2. The van der Waals surface area contributed by atoms with Crippen LogP contribution >= 0.6 is 0 Å². The molecule has 4 N–H and O–H groups in total. The Kier molecular flexibility index (Phi) is 4.19. The van der Waals surface area contributed by atoms with Crippen LogP contribution in [-0.4, -0.2) is 46.3 Å². The monoisotopic (exact) mass is 381 g/mol. The lowest BCUT2D eigenvalue weighted by molar-refractivity contribution is -0.125. The van der Waals surface area contributed by atoms with E-state index in [0.29, 0.717) is 29.7 Å². The Hall–Kier alpha value is -3.19. The van der Waals surface area contributed by atoms with Gasteiger partial charge in [-0.05, 0) is 25.3 Å². The van der Waals surface area contributed by atoms with Gasteiger partial charge in [0.05, 0.1) is 29.5 Å². The number of rotatable bonds is 3. The predicted molar refractivity (Wildman–Crippen MR) is 99.7 cm³/mol. The lowest BCUT2D eigenvalue weighted by Crippen LogP contribution is -2.28. The van der Waals surface area contributed by atoms with Crippen LogP contribution in [0.3, 0.4) is 0 Å². The average Bonchev–Trinajstić information content (AvgIpc) is 2.72. The van der Waals surface area contributed by atoms with Gasteiger partial charge in [0.25, 0.3) is 0 Å². The topological polar surface area (TPSA) is 128 Å². The van der Waals surface area contributed by atoms with Crippen molar-refractivity contribution >= 4 is 17.3 Å². The van der Waals surface area contributed by atoms with Crippen LogP contribution in [-0.2, 0) is 17.6 Å². The molecule has 0 fully saturated rings. The van der Waals surface area contributed by atoms with Gasteiger partial charge in [0.1, 0.15) is 23.9 Å². The Morgan fingerprint density at radius 3 is 2.57 bits per heavy atom. The Labute approximate surface area is 160 Å². The molecule has 0 aromatic heterocycles. The molecular weight excluding hydrogens is 362 g/mol. The summed E-state index contributed by atoms with van der Waals surface area (Å²) in [6.45, 7) is -0.589. The van der Waals surface area contributed by atoms with Gasteiger partial charge in [0, 0.05) is 22.6 Å². The fourth-order valence-corrected chi connectivity index (χ4v) is 4.26. The molecule has 0 saturated heterocycles. The molecule has 2 aliphatic rings. The zero-order chi connectivity index (χ0) is 20.2. The van der Waals surface area contributed by atoms with E-state index in [-0.39, 0.29) is 51.7 Å². The molecule has 144 valence electrons. The number of aromatic hydroxyl groups is 2. The summed E-state index contributed by atoms with van der Waals surface area (Å²) in [6, 6.07) is 4.80. The first-order chi connectivity index (χ1) is 13.4. The second kappa shape index (κ2) is 6.45. The minimum atomic E-state index is -0.589. The summed E-state index contributed by atoms with van der Waals surface area (Å²) in [4.78, 5) is 25.0. The van der Waals surface area contributed by atoms with Crippen LogP contribution in [0, 0.1) is 11.3 Å². The third kappa shape index (κ3) is 2.36. The van der Waals surface area contributed by atoms with Gasteiger partial charge in [0.2, 0.25) is 0 Å². The van der Waals surface area contributed by atoms with Gasteiger partial charge in [-0.1, -0.05) is 12.1 Å². The van der Waals surface area contributed by atoms with Gasteiger partial charge in [-0.25, -0.2) is 0 Å². The van der Waals surface area contributed by atoms with Gasteiger partial charge in [-0.2, -0.15) is 0 Å². The number of phenolic OH excluding ortho intramolecular Hbond substituents is 2. The molecule has 2 aromatic carbocycles. The Balaban J connectivity index is 1.95. The summed E-state index contributed by atoms with van der Waals surface area (Å²) < 4.78 is 5.28. The first-order valence-corrected chi connectivity index (χ1v) is 8.94. The van der Waals surface area contributed by atoms with E-state index < -0.39 is 18.3 Å². The highest BCUT2D eigenvalue weighted by Gasteiger charge is 2.39. The Morgan fingerprint density at radius 1 is 1.18 bits per heavy atom. The third-order valence-corrected chi connectivity index (χ3v) is 5.68. The van der Waals surface area contributed by atoms with Crippen LogP contribution in [0.25, 0.3) is 0 Å². The van der Waals surface area contributed by atoms with Crippen molar-refractivity contribution in [3.63, 3.8) is 0 Å². The number of Topliss-reactive ketones (excluding diaryl/α,β-unsaturated/α-hetero) is 1. The van der Waals surface area contributed by atoms with Crippen molar-refractivity contribution in [2.45, 2.75) is 19.3 Å². The largest absolute Gasteiger partial charge is 0.507 e. The van der Waals surface area contributed by atoms with E-state index in [1.54, 1.807) is 18.2 Å². The normalized spacial score (nSPS) is 17.6. The minimum absolute atomic E-state index is 0.00909. The summed E-state index contributed by atoms with van der Waals surface area (Å²) in [5.74, 6) is -1.50. The number of aliphatic hydroxyl groups excluding tert-OH is 1. The molecule has 1 atom stereocenters. The minimum Gasteiger partial charge on any atom is -0.507 e. The molecule has 0 spiro atoms. The summed E-state index contributed by atoms with van der Waals surface area (Å²) in [6.07, 6.45) is 0.852. The maximum absolute atomic E-state index is 13.1. The van der Waals surface area contributed by atoms with E-state index in [0.717, 1.165) is 0 Å². The molecule has 7 heteroatoms. The number of fused-ring (bicyclic) bond motifs is 3. The van der Waals surface area contributed by atoms with E-state index in [2.05, 4.69) is 0 Å². The zero-order valence-corrected chi connectivity index (χ0v) is 15.2. The number of hydrogen-bond acceptors (Lipinski definition) is 7. The van der Waals surface area contributed by atoms with E-state index >= 15 is 0 Å². The van der Waals surface area contributed by atoms with Gasteiger partial charge in [-0.3, -0.25) is 15.0 Å². The number of aliphatic hydroxyl groups is 1. The van der Waals surface area contributed by atoms with Crippen LogP contribution in [0.4, 0.5) is 0 Å². The lowest BCUT2D eigenvalue weighted by atomic mass is 9.74. The summed E-state index contributed by atoms with van der Waals surface area (Å²) in [5, 5.41) is 39.5. The standard InChI is InChI=1S/C21H19NO6/c1-28-14-4-2-3-11-15(14)18(22)16-17(20(11)26)21(27)12-7-9(13(24)8-23)5-6-10(12)19(16)25/h2-4,9,22-23,25,27H,5-8H2,1H3. The van der Waals surface area contributed by atoms with Crippen molar-refractivity contribution in [2.24, 2.45) is 5.92 Å². The van der Waals surface area contributed by atoms with Crippen LogP contribution in [0.15, 0.2) is 18.2 Å². The van der Waals surface area contributed by atoms with Crippen molar-refractivity contribution in [1.82, 2.24) is 0 Å². The van der Waals surface area contributed by atoms with Crippen LogP contribution in [0.2, 0.25) is 0 Å². The smallest absolute Gasteiger partial charge is 0.198 e. The Morgan fingerprint density at radius 2 is 1.89 bits per heavy atom. The number of hydrogen-bond donors (Lipinski definition) is 4. The fraction of sp³-hybridized carbons (Fsp3) is 0.286. The van der Waals surface area contributed by atoms with Crippen molar-refractivity contribution in [3.05, 3.63) is 51.6 Å². The molecule has 0 amide bonds. The highest BCUT2D eigenvalue weighted by Crippen LogP contribution is 2.47. The number of methoxy groups -OCH3 is 1. The van der Waals surface area contributed by atoms with Gasteiger partial charge >= 0.3 is 0 Å². The molecule has 7 nitrogen and oxygen atoms in total. The van der Waals surface area contributed by atoms with Crippen molar-refractivity contribution in [3.8, 4) is 17.2 Å². The number of carbonyl (C=O) groups excluding carboxylic acids is 2. The lowest BCUT2D eigenvalue weighted by Gasteiger charge is -2.30. The van der Waals surface area contributed by atoms with Crippen LogP contribution in [0.1, 0.15) is 44.6 Å². The van der Waals surface area contributed by atoms with E-state index in [4.69, 9.17) is 15.3 Å². The molecule has 0 aliphatic heterocycles. The van der Waals surface area contributed by atoms with E-state index in [9.17, 15) is 19.8 Å². The highest BCUT2D eigenvalue weighted by molar-refractivity contribution is 6.32. The SMILES string of the molecule is COc1cccc2c1C(=N)c1c(O)c3c(c(O)c1C2=O)CC(C(=O)CO)CC3. The van der Waals surface area contributed by atoms with Gasteiger partial charge in [-0.15, -0.1) is 0 Å². The molecule has 0 heterocycles. The van der Waals surface area contributed by atoms with Crippen molar-refractivity contribution in [2.75, 3.05) is 13.7 Å². The highest BCUT2D eigenvalue weighted by atomic mass is 16.5. The molecule has 2 aromatic rings. The fourth-order valence-electron chi connectivity index (χ4n) is 4.26. The molecular formula is C21H19NO6. The maximum atomic E-state index is 13.1. The first-order valence-electron chi connectivity index (χ1n) is 8.94. The van der Waals surface area contributed by atoms with Gasteiger partial charge in [0.15, 0.2) is 11.6 Å². The molecule has 0 saturated carbocycles. The molecule has 28 heavy (non-hydrogen) atoms. The number of nitrogens with one attached hydrogen (secondary N) is 1. The number of benzene rings is 2. The molecule has 0 radical (unpaired) electrons. The number of carbonyl (C=O) groups is 2. The number of phenols is 2. The molecule has 1 unspecified atom stereocenters. The average molecular weight is 381 g/mol. The van der Waals surface area contributed by atoms with Crippen LogP contribution < -0.4 is 4.74 Å².